The average Bonchev–Trinajstić information content (AvgIpc) is 3.21. The lowest BCUT2D eigenvalue weighted by Gasteiger charge is -2.22. The zero-order valence-corrected chi connectivity index (χ0v) is 42.2. The van der Waals surface area contributed by atoms with Gasteiger partial charge in [0.05, 0.1) is 88.9 Å². The first-order valence-electron chi connectivity index (χ1n) is 19.8. The highest BCUT2D eigenvalue weighted by atomic mass is 35.5. The van der Waals surface area contributed by atoms with Gasteiger partial charge in [0.15, 0.2) is 0 Å². The molecule has 0 fully saturated rings. The summed E-state index contributed by atoms with van der Waals surface area (Å²) >= 11 is 3.71. The molecule has 6 aromatic carbocycles. The van der Waals surface area contributed by atoms with E-state index in [9.17, 15) is 25.9 Å². The van der Waals surface area contributed by atoms with Crippen molar-refractivity contribution >= 4 is 89.3 Å². The van der Waals surface area contributed by atoms with Gasteiger partial charge in [0.1, 0.15) is 43.0 Å². The molecule has 2 aliphatic rings. The third-order valence-electron chi connectivity index (χ3n) is 9.83. The Labute approximate surface area is 414 Å². The van der Waals surface area contributed by atoms with Gasteiger partial charge in [0.25, 0.3) is 0 Å². The second-order valence-electron chi connectivity index (χ2n) is 15.8. The molecule has 0 unspecified atom stereocenters. The molecular weight excluding hydrogens is 956 g/mol. The highest BCUT2D eigenvalue weighted by molar-refractivity contribution is 8.00. The summed E-state index contributed by atoms with van der Waals surface area (Å²) in [5.74, 6) is 0. The van der Waals surface area contributed by atoms with Crippen LogP contribution in [0.15, 0.2) is 151 Å². The van der Waals surface area contributed by atoms with Gasteiger partial charge in [-0.1, -0.05) is 73.8 Å². The molecule has 0 spiro atoms. The summed E-state index contributed by atoms with van der Waals surface area (Å²) in [5.41, 5.74) is 11.9. The van der Waals surface area contributed by atoms with Gasteiger partial charge in [-0.15, -0.1) is 0 Å². The summed E-state index contributed by atoms with van der Waals surface area (Å²) in [6.45, 7) is 3.64. The van der Waals surface area contributed by atoms with E-state index in [0.29, 0.717) is 0 Å². The molecule has 0 radical (unpaired) electrons. The zero-order valence-electron chi connectivity index (χ0n) is 37.4. The lowest BCUT2D eigenvalue weighted by Crippen LogP contribution is -3.00. The van der Waals surface area contributed by atoms with Crippen molar-refractivity contribution in [1.29, 1.82) is 0 Å². The first-order chi connectivity index (χ1) is 29.1. The first-order valence-corrected chi connectivity index (χ1v) is 24.3. The largest absolute Gasteiger partial charge is 1.00 e. The quantitative estimate of drug-likeness (QED) is 0.125. The first kappa shape index (κ1) is 59.9. The molecule has 6 N–H and O–H groups in total. The van der Waals surface area contributed by atoms with Crippen LogP contribution in [0, 0.1) is 13.8 Å². The van der Waals surface area contributed by atoms with E-state index >= 15 is 0 Å². The molecule has 18 heteroatoms. The van der Waals surface area contributed by atoms with Crippen LogP contribution in [0.25, 0.3) is 0 Å². The van der Waals surface area contributed by atoms with E-state index in [-0.39, 0.29) is 49.5 Å². The zero-order chi connectivity index (χ0) is 45.5. The number of rotatable bonds is 6. The molecule has 0 atom stereocenters. The molecule has 0 saturated carbocycles. The maximum atomic E-state index is 10.4. The van der Waals surface area contributed by atoms with Crippen LogP contribution < -0.4 is 55.0 Å². The molecule has 0 aromatic heterocycles. The molecular formula is C48H64Cl2N6O6S4. The molecule has 12 nitrogen and oxygen atoms in total. The molecule has 6 aromatic rings. The van der Waals surface area contributed by atoms with Crippen molar-refractivity contribution in [3.8, 4) is 0 Å². The van der Waals surface area contributed by atoms with E-state index in [1.807, 2.05) is 37.4 Å². The number of hydrogen-bond acceptors (Lipinski definition) is 10. The van der Waals surface area contributed by atoms with Crippen molar-refractivity contribution in [2.24, 2.45) is 0 Å². The predicted molar refractivity (Wildman–Crippen MR) is 262 cm³/mol. The molecule has 2 heterocycles. The minimum absolute atomic E-state index is 0. The van der Waals surface area contributed by atoms with Gasteiger partial charge >= 0.3 is 0 Å². The fourth-order valence-electron chi connectivity index (χ4n) is 6.02. The van der Waals surface area contributed by atoms with E-state index < -0.39 is 20.2 Å². The van der Waals surface area contributed by atoms with Crippen LogP contribution in [0.4, 0.5) is 45.5 Å². The van der Waals surface area contributed by atoms with Crippen LogP contribution in [-0.4, -0.2) is 82.3 Å². The number of fused-ring (bicyclic) bond motifs is 4. The molecule has 0 amide bonds. The Morgan fingerprint density at radius 2 is 0.606 bits per heavy atom. The second-order valence-corrected chi connectivity index (χ2v) is 20.8. The van der Waals surface area contributed by atoms with Crippen LogP contribution >= 0.6 is 23.5 Å². The van der Waals surface area contributed by atoms with Gasteiger partial charge in [-0.05, 0) is 62.4 Å². The Balaban J connectivity index is 0.000000448. The normalized spacial score (nSPS) is 11.8. The molecule has 0 bridgehead atoms. The van der Waals surface area contributed by atoms with Crippen molar-refractivity contribution < 1.29 is 70.4 Å². The molecule has 360 valence electrons. The van der Waals surface area contributed by atoms with Gasteiger partial charge in [-0.2, -0.15) is 0 Å². The molecule has 2 aliphatic heterocycles. The van der Waals surface area contributed by atoms with Gasteiger partial charge in [-0.25, -0.2) is 16.8 Å². The van der Waals surface area contributed by atoms with Crippen LogP contribution in [0.3, 0.4) is 0 Å². The van der Waals surface area contributed by atoms with Crippen LogP contribution in [0.2, 0.25) is 0 Å². The number of benzene rings is 6. The van der Waals surface area contributed by atoms with Gasteiger partial charge in [0.2, 0.25) is 0 Å². The monoisotopic (exact) mass is 1020 g/mol. The highest BCUT2D eigenvalue weighted by Gasteiger charge is 2.20. The molecule has 8 rings (SSSR count). The van der Waals surface area contributed by atoms with E-state index in [1.165, 1.54) is 109 Å². The predicted octanol–water partition coefficient (Wildman–Crippen LogP) is -0.0280. The average molecular weight is 1020 g/mol. The van der Waals surface area contributed by atoms with Crippen molar-refractivity contribution in [1.82, 2.24) is 0 Å². The van der Waals surface area contributed by atoms with Gasteiger partial charge < -0.3 is 64.2 Å². The molecule has 0 aliphatic carbocycles. The van der Waals surface area contributed by atoms with Crippen molar-refractivity contribution in [3.05, 3.63) is 132 Å². The van der Waals surface area contributed by atoms with Crippen LogP contribution in [0.1, 0.15) is 26.0 Å². The summed E-state index contributed by atoms with van der Waals surface area (Å²) < 4.78 is 62.3. The van der Waals surface area contributed by atoms with Gasteiger partial charge in [-0.3, -0.25) is 0 Å². The Hall–Kier alpha value is -4.14. The smallest absolute Gasteiger partial charge is 0.132 e. The number of anilines is 4. The van der Waals surface area contributed by atoms with Crippen molar-refractivity contribution in [2.75, 3.05) is 67.0 Å². The number of hydrogen-bond donors (Lipinski definition) is 6. The van der Waals surface area contributed by atoms with E-state index in [1.54, 1.807) is 24.3 Å². The third kappa shape index (κ3) is 16.6. The van der Waals surface area contributed by atoms with E-state index in [0.717, 1.165) is 11.1 Å². The summed E-state index contributed by atoms with van der Waals surface area (Å²) in [5, 5.41) is 7.07. The lowest BCUT2D eigenvalue weighted by atomic mass is 10.2. The highest BCUT2D eigenvalue weighted by Crippen LogP contribution is 2.46. The standard InChI is InChI=1S/2C16H19N3S.2C7H8O3S.2CH4.2ClH/c2*1-18(2)11-5-7-13-15(9-11)20-16-10-12(19(3)4)6-8-14(16)17-13;2*1-6-2-4-7(5-3-6)11(8,9)10;;;;/h2*5-10,17H,1-4H3;2*2-5H,1H3,(H,8,9,10);2*1H4;2*1H. The molecule has 0 saturated heterocycles. The van der Waals surface area contributed by atoms with Crippen LogP contribution in [-0.2, 0) is 20.2 Å². The van der Waals surface area contributed by atoms with E-state index in [4.69, 9.17) is 0 Å². The third-order valence-corrected chi connectivity index (χ3v) is 13.8. The maximum absolute atomic E-state index is 10.4. The van der Waals surface area contributed by atoms with E-state index in [2.05, 4.69) is 140 Å². The number of halogens is 2. The van der Waals surface area contributed by atoms with Crippen molar-refractivity contribution in [2.45, 2.75) is 58.1 Å². The van der Waals surface area contributed by atoms with Crippen molar-refractivity contribution in [3.63, 3.8) is 0 Å². The second kappa shape index (κ2) is 25.8. The van der Waals surface area contributed by atoms with Gasteiger partial charge in [0, 0.05) is 68.1 Å². The Kier molecular flexibility index (Phi) is 23.4. The molecule has 66 heavy (non-hydrogen) atoms. The number of aryl methyl sites for hydroxylation is 2. The Morgan fingerprint density at radius 1 is 0.394 bits per heavy atom. The summed E-state index contributed by atoms with van der Waals surface area (Å²) in [7, 11) is 8.72. The van der Waals surface area contributed by atoms with Crippen LogP contribution in [0.5, 0.6) is 0 Å². The number of quaternary nitrogens is 4. The number of nitrogens with one attached hydrogen (secondary N) is 6. The Bertz CT molecular complexity index is 2440. The summed E-state index contributed by atoms with van der Waals surface area (Å²) in [6.07, 6.45) is 0. The summed E-state index contributed by atoms with van der Waals surface area (Å²) in [4.78, 5) is 10.3. The fourth-order valence-corrected chi connectivity index (χ4v) is 9.09. The minimum atomic E-state index is -4.27. The Morgan fingerprint density at radius 3 is 0.788 bits per heavy atom. The maximum Gasteiger partial charge on any atom is 0.132 e. The SMILES string of the molecule is C.C.C[NH+](C)c1ccc2c(c1)Sc1cc([NH+](C)C)ccc1N2.C[NH+](C)c1ccc2c(c1)Sc1cc([NH+](C)C)ccc1N2.Cc1ccc(S(=O)(=O)[O-])cc1.Cc1ccc(S(=O)(=O)[O-])cc1.[Cl-].[Cl-]. The minimum Gasteiger partial charge on any atom is -1.00 e. The lowest BCUT2D eigenvalue weighted by molar-refractivity contribution is -0.786. The fraction of sp³-hybridized carbons (Fsp3) is 0.250. The topological polar surface area (TPSA) is 156 Å². The summed E-state index contributed by atoms with van der Waals surface area (Å²) in [6, 6.07) is 38.1.